The molecular weight excluding hydrogens is 382 g/mol. The van der Waals surface area contributed by atoms with Crippen LogP contribution in [0, 0.1) is 17.6 Å². The second kappa shape index (κ2) is 8.08. The summed E-state index contributed by atoms with van der Waals surface area (Å²) in [5.41, 5.74) is 0.0111. The SMILES string of the molecule is CC(C)[C@@H](CO)n1cc(C(=O)O)c(=O)c2nc(Cc3ccc(F)c(F)c3)ccc21. The molecule has 0 fully saturated rings. The van der Waals surface area contributed by atoms with Crippen LogP contribution in [0.2, 0.25) is 0 Å². The highest BCUT2D eigenvalue weighted by atomic mass is 19.2. The number of rotatable bonds is 6. The fourth-order valence-corrected chi connectivity index (χ4v) is 3.27. The number of benzene rings is 1. The fourth-order valence-electron chi connectivity index (χ4n) is 3.27. The summed E-state index contributed by atoms with van der Waals surface area (Å²) in [7, 11) is 0. The van der Waals surface area contributed by atoms with E-state index in [1.807, 2.05) is 13.8 Å². The molecule has 2 heterocycles. The van der Waals surface area contributed by atoms with E-state index < -0.39 is 34.6 Å². The monoisotopic (exact) mass is 402 g/mol. The van der Waals surface area contributed by atoms with E-state index in [0.717, 1.165) is 12.1 Å². The van der Waals surface area contributed by atoms with Gasteiger partial charge in [-0.15, -0.1) is 0 Å². The molecule has 6 nitrogen and oxygen atoms in total. The number of halogens is 2. The van der Waals surface area contributed by atoms with Crippen molar-refractivity contribution in [3.05, 3.63) is 75.2 Å². The number of hydrogen-bond acceptors (Lipinski definition) is 4. The predicted molar refractivity (Wildman–Crippen MR) is 103 cm³/mol. The van der Waals surface area contributed by atoms with Gasteiger partial charge < -0.3 is 14.8 Å². The van der Waals surface area contributed by atoms with E-state index in [0.29, 0.717) is 16.8 Å². The number of fused-ring (bicyclic) bond motifs is 1. The molecule has 0 aliphatic heterocycles. The fraction of sp³-hybridized carbons (Fsp3) is 0.286. The van der Waals surface area contributed by atoms with E-state index >= 15 is 0 Å². The average molecular weight is 402 g/mol. The Balaban J connectivity index is 2.18. The van der Waals surface area contributed by atoms with Crippen LogP contribution in [-0.2, 0) is 6.42 Å². The lowest BCUT2D eigenvalue weighted by molar-refractivity contribution is 0.0694. The molecule has 3 rings (SSSR count). The molecule has 2 aromatic heterocycles. The largest absolute Gasteiger partial charge is 0.477 e. The zero-order valence-electron chi connectivity index (χ0n) is 15.9. The lowest BCUT2D eigenvalue weighted by atomic mass is 10.0. The first kappa shape index (κ1) is 20.6. The molecule has 152 valence electrons. The van der Waals surface area contributed by atoms with Crippen LogP contribution < -0.4 is 5.43 Å². The highest BCUT2D eigenvalue weighted by Gasteiger charge is 2.22. The van der Waals surface area contributed by atoms with Crippen molar-refractivity contribution in [1.82, 2.24) is 9.55 Å². The van der Waals surface area contributed by atoms with E-state index in [-0.39, 0.29) is 24.5 Å². The molecule has 0 aliphatic rings. The lowest BCUT2D eigenvalue weighted by Crippen LogP contribution is -2.26. The third kappa shape index (κ3) is 4.02. The van der Waals surface area contributed by atoms with Gasteiger partial charge in [0.15, 0.2) is 11.6 Å². The molecule has 0 bridgehead atoms. The van der Waals surface area contributed by atoms with Gasteiger partial charge in [-0.1, -0.05) is 19.9 Å². The summed E-state index contributed by atoms with van der Waals surface area (Å²) in [6.45, 7) is 3.50. The van der Waals surface area contributed by atoms with Crippen molar-refractivity contribution in [3.63, 3.8) is 0 Å². The van der Waals surface area contributed by atoms with Gasteiger partial charge in [-0.2, -0.15) is 0 Å². The van der Waals surface area contributed by atoms with Gasteiger partial charge in [0, 0.05) is 18.3 Å². The summed E-state index contributed by atoms with van der Waals surface area (Å²) in [5.74, 6) is -3.37. The van der Waals surface area contributed by atoms with Gasteiger partial charge in [0.05, 0.1) is 18.2 Å². The topological polar surface area (TPSA) is 92.4 Å². The minimum Gasteiger partial charge on any atom is -0.477 e. The third-order valence-corrected chi connectivity index (χ3v) is 4.85. The predicted octanol–water partition coefficient (Wildman–Crippen LogP) is 3.15. The maximum Gasteiger partial charge on any atom is 0.341 e. The Bertz CT molecular complexity index is 1140. The summed E-state index contributed by atoms with van der Waals surface area (Å²) < 4.78 is 28.1. The Labute approximate surface area is 165 Å². The first-order valence-electron chi connectivity index (χ1n) is 9.05. The number of pyridine rings is 2. The van der Waals surface area contributed by atoms with Crippen molar-refractivity contribution in [2.24, 2.45) is 5.92 Å². The van der Waals surface area contributed by atoms with Gasteiger partial charge >= 0.3 is 5.97 Å². The van der Waals surface area contributed by atoms with Gasteiger partial charge in [-0.05, 0) is 35.7 Å². The summed E-state index contributed by atoms with van der Waals surface area (Å²) in [6.07, 6.45) is 1.36. The zero-order chi connectivity index (χ0) is 21.3. The van der Waals surface area contributed by atoms with Crippen LogP contribution in [0.1, 0.15) is 41.5 Å². The van der Waals surface area contributed by atoms with E-state index in [2.05, 4.69) is 4.98 Å². The van der Waals surface area contributed by atoms with Crippen LogP contribution in [0.3, 0.4) is 0 Å². The Morgan fingerprint density at radius 3 is 2.48 bits per heavy atom. The molecule has 3 aromatic rings. The second-order valence-electron chi connectivity index (χ2n) is 7.17. The van der Waals surface area contributed by atoms with Crippen molar-refractivity contribution in [3.8, 4) is 0 Å². The van der Waals surface area contributed by atoms with Crippen LogP contribution in [0.4, 0.5) is 8.78 Å². The van der Waals surface area contributed by atoms with Crippen LogP contribution in [0.5, 0.6) is 0 Å². The zero-order valence-corrected chi connectivity index (χ0v) is 15.9. The summed E-state index contributed by atoms with van der Waals surface area (Å²) in [4.78, 5) is 28.5. The van der Waals surface area contributed by atoms with Gasteiger partial charge in [0.25, 0.3) is 0 Å². The standard InChI is InChI=1S/C21H20F2N2O4/c1-11(2)18(10-26)25-9-14(21(28)29)20(27)19-17(25)6-4-13(24-19)7-12-3-5-15(22)16(23)8-12/h3-6,8-9,11,18,26H,7,10H2,1-2H3,(H,28,29)/t18-/m1/s1. The number of aromatic carboxylic acids is 1. The van der Waals surface area contributed by atoms with Crippen molar-refractivity contribution >= 4 is 17.0 Å². The molecule has 2 N–H and O–H groups in total. The molecule has 0 aliphatic carbocycles. The first-order valence-corrected chi connectivity index (χ1v) is 9.05. The summed E-state index contributed by atoms with van der Waals surface area (Å²) >= 11 is 0. The maximum absolute atomic E-state index is 13.5. The number of aliphatic hydroxyl groups is 1. The smallest absolute Gasteiger partial charge is 0.341 e. The summed E-state index contributed by atoms with van der Waals surface area (Å²) in [5, 5.41) is 19.2. The van der Waals surface area contributed by atoms with Crippen LogP contribution in [0.15, 0.2) is 41.3 Å². The van der Waals surface area contributed by atoms with Crippen molar-refractivity contribution in [1.29, 1.82) is 0 Å². The number of hydrogen-bond donors (Lipinski definition) is 2. The van der Waals surface area contributed by atoms with Gasteiger partial charge in [-0.3, -0.25) is 4.79 Å². The van der Waals surface area contributed by atoms with Crippen molar-refractivity contribution in [2.75, 3.05) is 6.61 Å². The van der Waals surface area contributed by atoms with Crippen molar-refractivity contribution in [2.45, 2.75) is 26.3 Å². The van der Waals surface area contributed by atoms with Gasteiger partial charge in [-0.25, -0.2) is 18.6 Å². The molecular formula is C21H20F2N2O4. The van der Waals surface area contributed by atoms with Crippen LogP contribution in [0.25, 0.3) is 11.0 Å². The summed E-state index contributed by atoms with van der Waals surface area (Å²) in [6, 6.07) is 6.28. The molecule has 0 radical (unpaired) electrons. The molecule has 1 atom stereocenters. The van der Waals surface area contributed by atoms with E-state index in [1.54, 1.807) is 16.7 Å². The molecule has 1 aromatic carbocycles. The normalized spacial score (nSPS) is 12.5. The second-order valence-corrected chi connectivity index (χ2v) is 7.17. The Morgan fingerprint density at radius 2 is 1.90 bits per heavy atom. The Morgan fingerprint density at radius 1 is 1.17 bits per heavy atom. The molecule has 29 heavy (non-hydrogen) atoms. The average Bonchev–Trinajstić information content (AvgIpc) is 2.66. The van der Waals surface area contributed by atoms with Crippen molar-refractivity contribution < 1.29 is 23.8 Å². The van der Waals surface area contributed by atoms with Crippen LogP contribution in [-0.4, -0.2) is 32.3 Å². The number of carboxylic acids is 1. The number of aromatic nitrogens is 2. The minimum atomic E-state index is -1.39. The van der Waals surface area contributed by atoms with Gasteiger partial charge in [0.1, 0.15) is 11.1 Å². The van der Waals surface area contributed by atoms with Gasteiger partial charge in [0.2, 0.25) is 5.43 Å². The molecule has 0 saturated heterocycles. The maximum atomic E-state index is 13.5. The Hall–Kier alpha value is -3.13. The molecule has 0 unspecified atom stereocenters. The number of nitrogens with zero attached hydrogens (tertiary/aromatic N) is 2. The van der Waals surface area contributed by atoms with E-state index in [9.17, 15) is 28.6 Å². The number of aliphatic hydroxyl groups excluding tert-OH is 1. The highest BCUT2D eigenvalue weighted by molar-refractivity contribution is 5.91. The number of carbonyl (C=O) groups is 1. The van der Waals surface area contributed by atoms with E-state index in [4.69, 9.17) is 0 Å². The highest BCUT2D eigenvalue weighted by Crippen LogP contribution is 2.23. The first-order chi connectivity index (χ1) is 13.7. The molecule has 8 heteroatoms. The molecule has 0 amide bonds. The van der Waals surface area contributed by atoms with Crippen LogP contribution >= 0.6 is 0 Å². The Kier molecular flexibility index (Phi) is 5.74. The molecule has 0 saturated carbocycles. The quantitative estimate of drug-likeness (QED) is 0.661. The molecule has 0 spiro atoms. The van der Waals surface area contributed by atoms with E-state index in [1.165, 1.54) is 12.3 Å². The minimum absolute atomic E-state index is 0.0331. The number of carboxylic acid groups (broad SMARTS) is 1. The third-order valence-electron chi connectivity index (χ3n) is 4.85. The lowest BCUT2D eigenvalue weighted by Gasteiger charge is -2.24.